The number of aromatic hydroxyl groups is 1. The van der Waals surface area contributed by atoms with Crippen molar-refractivity contribution in [3.63, 3.8) is 0 Å². The zero-order valence-electron chi connectivity index (χ0n) is 11.4. The van der Waals surface area contributed by atoms with Crippen LogP contribution in [0.2, 0.25) is 0 Å². The fourth-order valence-corrected chi connectivity index (χ4v) is 2.10. The van der Waals surface area contributed by atoms with Crippen molar-refractivity contribution in [1.29, 1.82) is 5.26 Å². The Bertz CT molecular complexity index is 622. The predicted molar refractivity (Wildman–Crippen MR) is 77.7 cm³/mol. The van der Waals surface area contributed by atoms with Gasteiger partial charge in [0, 0.05) is 31.8 Å². The Morgan fingerprint density at radius 2 is 2.20 bits per heavy atom. The predicted octanol–water partition coefficient (Wildman–Crippen LogP) is 2.31. The maximum absolute atomic E-state index is 9.67. The molecular weight excluding hydrogens is 254 g/mol. The Morgan fingerprint density at radius 1 is 1.35 bits per heavy atom. The van der Waals surface area contributed by atoms with Gasteiger partial charge < -0.3 is 14.7 Å². The van der Waals surface area contributed by atoms with Crippen molar-refractivity contribution < 1.29 is 9.84 Å². The SMILES string of the molecule is COCCN(CCC#N)c1nccc2ccc(O)cc12. The summed E-state index contributed by atoms with van der Waals surface area (Å²) in [7, 11) is 1.64. The van der Waals surface area contributed by atoms with E-state index in [1.807, 2.05) is 17.0 Å². The second-order valence-electron chi connectivity index (χ2n) is 4.43. The van der Waals surface area contributed by atoms with Crippen LogP contribution in [0.15, 0.2) is 30.5 Å². The first-order valence-corrected chi connectivity index (χ1v) is 6.45. The van der Waals surface area contributed by atoms with Gasteiger partial charge in [0.15, 0.2) is 0 Å². The number of pyridine rings is 1. The molecule has 2 rings (SSSR count). The van der Waals surface area contributed by atoms with E-state index in [2.05, 4.69) is 11.1 Å². The number of phenolic OH excluding ortho intramolecular Hbond substituents is 1. The van der Waals surface area contributed by atoms with Crippen LogP contribution in [-0.4, -0.2) is 36.9 Å². The van der Waals surface area contributed by atoms with Gasteiger partial charge in [-0.1, -0.05) is 6.07 Å². The van der Waals surface area contributed by atoms with E-state index in [4.69, 9.17) is 10.00 Å². The molecule has 0 bridgehead atoms. The largest absolute Gasteiger partial charge is 0.508 e. The number of nitrogens with zero attached hydrogens (tertiary/aromatic N) is 3. The summed E-state index contributed by atoms with van der Waals surface area (Å²) < 4.78 is 5.11. The number of aromatic nitrogens is 1. The average molecular weight is 271 g/mol. The van der Waals surface area contributed by atoms with Gasteiger partial charge in [0.05, 0.1) is 19.1 Å². The number of ether oxygens (including phenoxy) is 1. The van der Waals surface area contributed by atoms with Crippen molar-refractivity contribution in [3.05, 3.63) is 30.5 Å². The first kappa shape index (κ1) is 14.1. The van der Waals surface area contributed by atoms with Crippen molar-refractivity contribution in [1.82, 2.24) is 4.98 Å². The molecule has 1 N–H and O–H groups in total. The lowest BCUT2D eigenvalue weighted by atomic mass is 10.1. The number of rotatable bonds is 6. The highest BCUT2D eigenvalue weighted by Crippen LogP contribution is 2.27. The molecule has 0 aliphatic carbocycles. The van der Waals surface area contributed by atoms with E-state index in [1.54, 1.807) is 25.4 Å². The summed E-state index contributed by atoms with van der Waals surface area (Å²) in [5, 5.41) is 20.3. The average Bonchev–Trinajstić information content (AvgIpc) is 2.47. The third-order valence-electron chi connectivity index (χ3n) is 3.09. The molecule has 0 atom stereocenters. The molecule has 5 heteroatoms. The number of anilines is 1. The highest BCUT2D eigenvalue weighted by Gasteiger charge is 2.11. The van der Waals surface area contributed by atoms with Crippen LogP contribution in [0.25, 0.3) is 10.8 Å². The van der Waals surface area contributed by atoms with Gasteiger partial charge in [-0.25, -0.2) is 4.98 Å². The van der Waals surface area contributed by atoms with Crippen molar-refractivity contribution >= 4 is 16.6 Å². The molecule has 20 heavy (non-hydrogen) atoms. The molecule has 104 valence electrons. The molecule has 1 aromatic carbocycles. The van der Waals surface area contributed by atoms with E-state index in [0.717, 1.165) is 16.6 Å². The number of phenols is 1. The first-order valence-electron chi connectivity index (χ1n) is 6.45. The monoisotopic (exact) mass is 271 g/mol. The number of hydrogen-bond acceptors (Lipinski definition) is 5. The Kier molecular flexibility index (Phi) is 4.75. The van der Waals surface area contributed by atoms with E-state index >= 15 is 0 Å². The number of benzene rings is 1. The highest BCUT2D eigenvalue weighted by atomic mass is 16.5. The smallest absolute Gasteiger partial charge is 0.136 e. The third kappa shape index (κ3) is 3.16. The lowest BCUT2D eigenvalue weighted by Crippen LogP contribution is -2.29. The molecule has 2 aromatic rings. The van der Waals surface area contributed by atoms with E-state index in [1.165, 1.54) is 0 Å². The molecule has 0 amide bonds. The van der Waals surface area contributed by atoms with Crippen molar-refractivity contribution in [2.24, 2.45) is 0 Å². The third-order valence-corrected chi connectivity index (χ3v) is 3.09. The van der Waals surface area contributed by atoms with Crippen LogP contribution in [0, 0.1) is 11.3 Å². The van der Waals surface area contributed by atoms with Crippen molar-refractivity contribution in [3.8, 4) is 11.8 Å². The second kappa shape index (κ2) is 6.73. The van der Waals surface area contributed by atoms with Crippen LogP contribution in [-0.2, 0) is 4.74 Å². The van der Waals surface area contributed by atoms with Crippen molar-refractivity contribution in [2.75, 3.05) is 31.7 Å². The summed E-state index contributed by atoms with van der Waals surface area (Å²) in [5.74, 6) is 0.976. The summed E-state index contributed by atoms with van der Waals surface area (Å²) in [5.41, 5.74) is 0. The van der Waals surface area contributed by atoms with E-state index in [0.29, 0.717) is 26.1 Å². The molecule has 0 aliphatic rings. The summed E-state index contributed by atoms with van der Waals surface area (Å²) in [4.78, 5) is 6.41. The summed E-state index contributed by atoms with van der Waals surface area (Å²) in [6.07, 6.45) is 2.15. The molecule has 0 spiro atoms. The molecule has 1 heterocycles. The van der Waals surface area contributed by atoms with Crippen molar-refractivity contribution in [2.45, 2.75) is 6.42 Å². The Balaban J connectivity index is 2.40. The number of methoxy groups -OCH3 is 1. The van der Waals surface area contributed by atoms with Gasteiger partial charge in [-0.05, 0) is 23.6 Å². The summed E-state index contributed by atoms with van der Waals surface area (Å²) in [6, 6.07) is 9.25. The van der Waals surface area contributed by atoms with Gasteiger partial charge in [0.25, 0.3) is 0 Å². The number of nitriles is 1. The molecule has 5 nitrogen and oxygen atoms in total. The Morgan fingerprint density at radius 3 is 2.95 bits per heavy atom. The standard InChI is InChI=1S/C15H17N3O2/c1-20-10-9-18(8-2-6-16)15-14-11-13(19)4-3-12(14)5-7-17-15/h3-5,7,11,19H,2,8-10H2,1H3. The first-order chi connectivity index (χ1) is 9.76. The number of fused-ring (bicyclic) bond motifs is 1. The Labute approximate surface area is 118 Å². The zero-order chi connectivity index (χ0) is 14.4. The minimum absolute atomic E-state index is 0.207. The normalized spacial score (nSPS) is 10.4. The van der Waals surface area contributed by atoms with E-state index < -0.39 is 0 Å². The summed E-state index contributed by atoms with van der Waals surface area (Å²) in [6.45, 7) is 1.80. The van der Waals surface area contributed by atoms with Crippen LogP contribution >= 0.6 is 0 Å². The van der Waals surface area contributed by atoms with Crippen LogP contribution in [0.1, 0.15) is 6.42 Å². The van der Waals surface area contributed by atoms with Crippen LogP contribution in [0.4, 0.5) is 5.82 Å². The maximum atomic E-state index is 9.67. The maximum Gasteiger partial charge on any atom is 0.136 e. The molecule has 0 fully saturated rings. The van der Waals surface area contributed by atoms with Gasteiger partial charge in [-0.3, -0.25) is 0 Å². The fourth-order valence-electron chi connectivity index (χ4n) is 2.10. The highest BCUT2D eigenvalue weighted by molar-refractivity contribution is 5.93. The minimum Gasteiger partial charge on any atom is -0.508 e. The lowest BCUT2D eigenvalue weighted by Gasteiger charge is -2.23. The van der Waals surface area contributed by atoms with Crippen LogP contribution < -0.4 is 4.90 Å². The van der Waals surface area contributed by atoms with E-state index in [-0.39, 0.29) is 5.75 Å². The molecule has 0 aliphatic heterocycles. The molecule has 1 aromatic heterocycles. The van der Waals surface area contributed by atoms with Crippen LogP contribution in [0.3, 0.4) is 0 Å². The van der Waals surface area contributed by atoms with Crippen LogP contribution in [0.5, 0.6) is 5.75 Å². The molecule has 0 saturated heterocycles. The van der Waals surface area contributed by atoms with Gasteiger partial charge in [0.2, 0.25) is 0 Å². The lowest BCUT2D eigenvalue weighted by molar-refractivity contribution is 0.205. The molecular formula is C15H17N3O2. The summed E-state index contributed by atoms with van der Waals surface area (Å²) >= 11 is 0. The van der Waals surface area contributed by atoms with Gasteiger partial charge in [-0.15, -0.1) is 0 Å². The second-order valence-corrected chi connectivity index (χ2v) is 4.43. The topological polar surface area (TPSA) is 69.4 Å². The fraction of sp³-hybridized carbons (Fsp3) is 0.333. The molecule has 0 unspecified atom stereocenters. The van der Waals surface area contributed by atoms with Gasteiger partial charge in [0.1, 0.15) is 11.6 Å². The minimum atomic E-state index is 0.207. The van der Waals surface area contributed by atoms with Gasteiger partial charge >= 0.3 is 0 Å². The zero-order valence-corrected chi connectivity index (χ0v) is 11.4. The van der Waals surface area contributed by atoms with E-state index in [9.17, 15) is 5.11 Å². The molecule has 0 radical (unpaired) electrons. The number of hydrogen-bond donors (Lipinski definition) is 1. The quantitative estimate of drug-likeness (QED) is 0.873. The Hall–Kier alpha value is -2.32. The van der Waals surface area contributed by atoms with Gasteiger partial charge in [-0.2, -0.15) is 5.26 Å². The molecule has 0 saturated carbocycles.